The second kappa shape index (κ2) is 7.15. The lowest BCUT2D eigenvalue weighted by molar-refractivity contribution is 0.167. The van der Waals surface area contributed by atoms with E-state index >= 15 is 0 Å². The number of fused-ring (bicyclic) bond motifs is 1. The largest absolute Gasteiger partial charge is 0.302 e. The van der Waals surface area contributed by atoms with Crippen molar-refractivity contribution in [1.82, 2.24) is 24.6 Å². The first-order valence-corrected chi connectivity index (χ1v) is 10.3. The molecule has 1 fully saturated rings. The first-order valence-electron chi connectivity index (χ1n) is 10.3. The Kier molecular flexibility index (Phi) is 4.81. The summed E-state index contributed by atoms with van der Waals surface area (Å²) < 4.78 is 1.80. The minimum absolute atomic E-state index is 0.144. The molecule has 1 aliphatic carbocycles. The Morgan fingerprint density at radius 1 is 1.18 bits per heavy atom. The quantitative estimate of drug-likeness (QED) is 0.733. The Bertz CT molecular complexity index is 1020. The van der Waals surface area contributed by atoms with E-state index in [9.17, 15) is 4.79 Å². The average molecular weight is 380 g/mol. The molecule has 6 nitrogen and oxygen atoms in total. The van der Waals surface area contributed by atoms with E-state index in [2.05, 4.69) is 30.7 Å². The van der Waals surface area contributed by atoms with Crippen molar-refractivity contribution in [2.24, 2.45) is 11.3 Å². The predicted octanol–water partition coefficient (Wildman–Crippen LogP) is 4.36. The number of nitrogens with one attached hydrogen (secondary N) is 1. The molecule has 148 valence electrons. The normalized spacial score (nSPS) is 20.6. The number of nitrogens with zero attached hydrogens (tertiary/aromatic N) is 4. The molecule has 3 aromatic rings. The van der Waals surface area contributed by atoms with E-state index in [1.165, 1.54) is 12.8 Å². The number of pyridine rings is 1. The van der Waals surface area contributed by atoms with Gasteiger partial charge in [-0.15, -0.1) is 5.10 Å². The average Bonchev–Trinajstić information content (AvgIpc) is 3.07. The molecular formula is C22H29N5O. The molecule has 0 unspecified atom stereocenters. The van der Waals surface area contributed by atoms with Gasteiger partial charge in [-0.25, -0.2) is 9.50 Å². The molecule has 0 spiro atoms. The lowest BCUT2D eigenvalue weighted by Crippen LogP contribution is -2.26. The summed E-state index contributed by atoms with van der Waals surface area (Å²) in [5.41, 5.74) is 2.27. The van der Waals surface area contributed by atoms with Crippen molar-refractivity contribution in [3.8, 4) is 11.5 Å². The zero-order chi connectivity index (χ0) is 19.9. The molecule has 1 N–H and O–H groups in total. The molecule has 0 aliphatic heterocycles. The molecule has 0 radical (unpaired) electrons. The summed E-state index contributed by atoms with van der Waals surface area (Å²) in [6, 6.07) is 5.61. The minimum Gasteiger partial charge on any atom is -0.302 e. The number of aromatic amines is 1. The van der Waals surface area contributed by atoms with Crippen LogP contribution in [0, 0.1) is 11.3 Å². The van der Waals surface area contributed by atoms with Crippen LogP contribution < -0.4 is 5.56 Å². The van der Waals surface area contributed by atoms with Crippen LogP contribution in [0.1, 0.15) is 70.8 Å². The van der Waals surface area contributed by atoms with Gasteiger partial charge in [0.1, 0.15) is 11.5 Å². The van der Waals surface area contributed by atoms with Gasteiger partial charge in [0.2, 0.25) is 0 Å². The third-order valence-corrected chi connectivity index (χ3v) is 6.16. The lowest BCUT2D eigenvalue weighted by Gasteiger charge is -2.36. The van der Waals surface area contributed by atoms with Crippen LogP contribution in [-0.4, -0.2) is 24.6 Å². The van der Waals surface area contributed by atoms with E-state index in [1.807, 2.05) is 25.1 Å². The molecule has 1 saturated carbocycles. The van der Waals surface area contributed by atoms with Gasteiger partial charge in [-0.3, -0.25) is 9.78 Å². The number of aromatic nitrogens is 5. The first kappa shape index (κ1) is 18.8. The van der Waals surface area contributed by atoms with Crippen LogP contribution in [0.2, 0.25) is 0 Å². The van der Waals surface area contributed by atoms with Gasteiger partial charge in [0.15, 0.2) is 11.3 Å². The highest BCUT2D eigenvalue weighted by Gasteiger charge is 2.32. The molecule has 3 heterocycles. The number of hydrogen-bond donors (Lipinski definition) is 1. The van der Waals surface area contributed by atoms with Crippen LogP contribution >= 0.6 is 0 Å². The predicted molar refractivity (Wildman–Crippen MR) is 110 cm³/mol. The number of imidazole rings is 1. The van der Waals surface area contributed by atoms with Crippen LogP contribution in [0.5, 0.6) is 0 Å². The van der Waals surface area contributed by atoms with Gasteiger partial charge in [-0.2, -0.15) is 0 Å². The van der Waals surface area contributed by atoms with Crippen molar-refractivity contribution >= 4 is 5.52 Å². The Morgan fingerprint density at radius 3 is 2.54 bits per heavy atom. The second-order valence-electron chi connectivity index (χ2n) is 8.96. The Labute approximate surface area is 165 Å². The van der Waals surface area contributed by atoms with Crippen LogP contribution in [0.3, 0.4) is 0 Å². The molecule has 0 aromatic carbocycles. The van der Waals surface area contributed by atoms with Gasteiger partial charge in [0, 0.05) is 12.1 Å². The van der Waals surface area contributed by atoms with Crippen molar-refractivity contribution in [2.75, 3.05) is 0 Å². The number of rotatable bonds is 3. The smallest absolute Gasteiger partial charge is 0.277 e. The Balaban J connectivity index is 1.77. The fourth-order valence-corrected chi connectivity index (χ4v) is 4.44. The minimum atomic E-state index is -0.144. The monoisotopic (exact) mass is 379 g/mol. The third-order valence-electron chi connectivity index (χ3n) is 6.16. The number of H-pyrrole nitrogens is 1. The zero-order valence-corrected chi connectivity index (χ0v) is 17.2. The molecule has 6 heteroatoms. The lowest BCUT2D eigenvalue weighted by atomic mass is 9.70. The van der Waals surface area contributed by atoms with E-state index in [0.717, 1.165) is 30.3 Å². The molecule has 3 aromatic heterocycles. The first-order chi connectivity index (χ1) is 13.4. The van der Waals surface area contributed by atoms with Crippen molar-refractivity contribution in [3.05, 3.63) is 46.3 Å². The van der Waals surface area contributed by atoms with Gasteiger partial charge in [0.05, 0.1) is 5.69 Å². The number of aryl methyl sites for hydroxylation is 1. The Morgan fingerprint density at radius 2 is 1.93 bits per heavy atom. The third kappa shape index (κ3) is 3.36. The molecular weight excluding hydrogens is 350 g/mol. The maximum atomic E-state index is 12.8. The summed E-state index contributed by atoms with van der Waals surface area (Å²) in [5, 5.41) is 4.75. The molecule has 0 bridgehead atoms. The maximum absolute atomic E-state index is 12.8. The molecule has 0 saturated heterocycles. The van der Waals surface area contributed by atoms with Gasteiger partial charge >= 0.3 is 0 Å². The fourth-order valence-electron chi connectivity index (χ4n) is 4.44. The van der Waals surface area contributed by atoms with E-state index < -0.39 is 0 Å². The molecule has 1 aliphatic rings. The number of hydrogen-bond acceptors (Lipinski definition) is 4. The molecule has 28 heavy (non-hydrogen) atoms. The van der Waals surface area contributed by atoms with Gasteiger partial charge < -0.3 is 4.98 Å². The van der Waals surface area contributed by atoms with E-state index in [4.69, 9.17) is 10.1 Å². The van der Waals surface area contributed by atoms with Gasteiger partial charge in [-0.1, -0.05) is 33.8 Å². The van der Waals surface area contributed by atoms with Crippen molar-refractivity contribution < 1.29 is 0 Å². The summed E-state index contributed by atoms with van der Waals surface area (Å²) in [7, 11) is 0. The van der Waals surface area contributed by atoms with Crippen molar-refractivity contribution in [1.29, 1.82) is 0 Å². The van der Waals surface area contributed by atoms with Crippen molar-refractivity contribution in [2.45, 2.75) is 65.7 Å². The summed E-state index contributed by atoms with van der Waals surface area (Å²) in [6.45, 7) is 9.03. The molecule has 0 atom stereocenters. The van der Waals surface area contributed by atoms with E-state index in [1.54, 1.807) is 10.7 Å². The Hall–Kier alpha value is -2.50. The van der Waals surface area contributed by atoms with Crippen LogP contribution in [0.4, 0.5) is 0 Å². The summed E-state index contributed by atoms with van der Waals surface area (Å²) in [6.07, 6.45) is 7.00. The van der Waals surface area contributed by atoms with Crippen LogP contribution in [-0.2, 0) is 6.42 Å². The highest BCUT2D eigenvalue weighted by atomic mass is 16.1. The SMILES string of the molecule is CCc1nc(C2CCC(C(C)(C)C)CC2)n2nc(-c3ccccn3)[nH]c(=O)c12. The summed E-state index contributed by atoms with van der Waals surface area (Å²) in [5.74, 6) is 2.50. The zero-order valence-electron chi connectivity index (χ0n) is 17.2. The van der Waals surface area contributed by atoms with Crippen molar-refractivity contribution in [3.63, 3.8) is 0 Å². The van der Waals surface area contributed by atoms with Crippen LogP contribution in [0.25, 0.3) is 17.0 Å². The second-order valence-corrected chi connectivity index (χ2v) is 8.96. The summed E-state index contributed by atoms with van der Waals surface area (Å²) in [4.78, 5) is 25.0. The fraction of sp³-hybridized carbons (Fsp3) is 0.545. The van der Waals surface area contributed by atoms with Gasteiger partial charge in [-0.05, 0) is 55.6 Å². The topological polar surface area (TPSA) is 75.9 Å². The summed E-state index contributed by atoms with van der Waals surface area (Å²) >= 11 is 0. The van der Waals surface area contributed by atoms with Crippen LogP contribution in [0.15, 0.2) is 29.2 Å². The standard InChI is InChI=1S/C22H29N5O/c1-5-16-18-21(28)25-19(17-8-6-7-13-23-17)26-27(18)20(24-16)14-9-11-15(12-10-14)22(2,3)4/h6-8,13-15H,5,9-12H2,1-4H3,(H,25,26,28). The molecule has 4 rings (SSSR count). The van der Waals surface area contributed by atoms with E-state index in [0.29, 0.717) is 34.8 Å². The molecule has 0 amide bonds. The maximum Gasteiger partial charge on any atom is 0.277 e. The highest BCUT2D eigenvalue weighted by molar-refractivity contribution is 5.55. The highest BCUT2D eigenvalue weighted by Crippen LogP contribution is 2.43. The van der Waals surface area contributed by atoms with E-state index in [-0.39, 0.29) is 5.56 Å². The van der Waals surface area contributed by atoms with Gasteiger partial charge in [0.25, 0.3) is 5.56 Å².